The van der Waals surface area contributed by atoms with Gasteiger partial charge in [-0.3, -0.25) is 4.90 Å². The monoisotopic (exact) mass is 407 g/mol. The number of anilines is 1. The molecule has 6 heteroatoms. The van der Waals surface area contributed by atoms with Crippen molar-refractivity contribution in [3.8, 4) is 0 Å². The second-order valence-corrected chi connectivity index (χ2v) is 8.60. The van der Waals surface area contributed by atoms with Crippen LogP contribution in [0.4, 0.5) is 6.01 Å². The van der Waals surface area contributed by atoms with Crippen molar-refractivity contribution in [3.63, 3.8) is 0 Å². The number of aryl methyl sites for hydroxylation is 1. The highest BCUT2D eigenvalue weighted by atomic mass is 16.4. The molecule has 0 aliphatic carbocycles. The smallest absolute Gasteiger partial charge is 0.338 e. The highest BCUT2D eigenvalue weighted by Crippen LogP contribution is 2.30. The largest absolute Gasteiger partial charge is 0.478 e. The zero-order valence-corrected chi connectivity index (χ0v) is 17.8. The summed E-state index contributed by atoms with van der Waals surface area (Å²) in [5, 5.41) is 9.63. The molecular formula is C24H29N3O3. The number of benzene rings is 2. The maximum atomic E-state index is 11.7. The Kier molecular flexibility index (Phi) is 5.77. The van der Waals surface area contributed by atoms with Crippen LogP contribution in [0.1, 0.15) is 41.8 Å². The topological polar surface area (TPSA) is 69.8 Å². The first-order chi connectivity index (χ1) is 14.4. The van der Waals surface area contributed by atoms with Crippen molar-refractivity contribution in [2.75, 3.05) is 24.5 Å². The van der Waals surface area contributed by atoms with Crippen molar-refractivity contribution < 1.29 is 14.3 Å². The van der Waals surface area contributed by atoms with Crippen molar-refractivity contribution in [3.05, 3.63) is 59.2 Å². The Labute approximate surface area is 177 Å². The molecule has 1 atom stereocenters. The van der Waals surface area contributed by atoms with E-state index in [0.717, 1.165) is 32.6 Å². The van der Waals surface area contributed by atoms with Crippen molar-refractivity contribution >= 4 is 23.1 Å². The second-order valence-electron chi connectivity index (χ2n) is 8.60. The summed E-state index contributed by atoms with van der Waals surface area (Å²) in [7, 11) is 0. The number of oxazole rings is 1. The first-order valence-corrected chi connectivity index (χ1v) is 10.6. The number of piperazine rings is 1. The normalized spacial score (nSPS) is 17.7. The molecule has 1 saturated heterocycles. The Morgan fingerprint density at radius 2 is 1.97 bits per heavy atom. The lowest BCUT2D eigenvalue weighted by atomic mass is 10.00. The first-order valence-electron chi connectivity index (χ1n) is 10.6. The van der Waals surface area contributed by atoms with Crippen LogP contribution in [0.25, 0.3) is 11.1 Å². The van der Waals surface area contributed by atoms with Crippen LogP contribution in [0.3, 0.4) is 0 Å². The van der Waals surface area contributed by atoms with Gasteiger partial charge >= 0.3 is 5.97 Å². The molecule has 158 valence electrons. The molecule has 0 saturated carbocycles. The van der Waals surface area contributed by atoms with E-state index in [1.165, 1.54) is 5.56 Å². The number of carboxylic acids is 1. The van der Waals surface area contributed by atoms with E-state index in [9.17, 15) is 9.90 Å². The highest BCUT2D eigenvalue weighted by Gasteiger charge is 2.31. The summed E-state index contributed by atoms with van der Waals surface area (Å²) in [4.78, 5) is 21.1. The Balaban J connectivity index is 1.61. The molecule has 2 aromatic carbocycles. The van der Waals surface area contributed by atoms with Crippen molar-refractivity contribution in [2.24, 2.45) is 5.92 Å². The van der Waals surface area contributed by atoms with E-state index in [4.69, 9.17) is 4.42 Å². The van der Waals surface area contributed by atoms with Crippen molar-refractivity contribution in [2.45, 2.75) is 39.8 Å². The molecule has 1 aliphatic heterocycles. The molecule has 1 aromatic heterocycles. The predicted octanol–water partition coefficient (Wildman–Crippen LogP) is 4.57. The SMILES string of the molecule is Cc1ccc2oc(N3CCN(Cc4ccccc4)CC3CC(C)C)nc2c1C(=O)O. The molecule has 30 heavy (non-hydrogen) atoms. The van der Waals surface area contributed by atoms with Crippen LogP contribution >= 0.6 is 0 Å². The third-order valence-corrected chi connectivity index (χ3v) is 5.78. The standard InChI is InChI=1S/C24H29N3O3/c1-16(2)13-19-15-26(14-18-7-5-4-6-8-18)11-12-27(19)24-25-22-20(30-24)10-9-17(3)21(22)23(28)29/h4-10,16,19H,11-15H2,1-3H3,(H,28,29). The van der Waals surface area contributed by atoms with Gasteiger partial charge < -0.3 is 14.4 Å². The number of rotatable bonds is 6. The molecule has 0 spiro atoms. The van der Waals surface area contributed by atoms with Crippen molar-refractivity contribution in [1.29, 1.82) is 0 Å². The van der Waals surface area contributed by atoms with Gasteiger partial charge in [0.25, 0.3) is 6.01 Å². The van der Waals surface area contributed by atoms with Gasteiger partial charge in [0.2, 0.25) is 0 Å². The molecule has 3 aromatic rings. The summed E-state index contributed by atoms with van der Waals surface area (Å²) < 4.78 is 6.05. The molecule has 1 N–H and O–H groups in total. The van der Waals surface area contributed by atoms with Crippen molar-refractivity contribution in [1.82, 2.24) is 9.88 Å². The summed E-state index contributed by atoms with van der Waals surface area (Å²) in [5.74, 6) is -0.431. The highest BCUT2D eigenvalue weighted by molar-refractivity contribution is 6.02. The molecular weight excluding hydrogens is 378 g/mol. The third kappa shape index (κ3) is 4.19. The minimum absolute atomic E-state index is 0.227. The minimum Gasteiger partial charge on any atom is -0.478 e. The zero-order chi connectivity index (χ0) is 21.3. The van der Waals surface area contributed by atoms with Crippen LogP contribution in [0.5, 0.6) is 0 Å². The maximum absolute atomic E-state index is 11.7. The van der Waals surface area contributed by atoms with Crippen LogP contribution in [0.15, 0.2) is 46.9 Å². The van der Waals surface area contributed by atoms with E-state index in [1.54, 1.807) is 13.0 Å². The summed E-state index contributed by atoms with van der Waals surface area (Å²) in [6, 6.07) is 14.9. The Morgan fingerprint density at radius 1 is 1.20 bits per heavy atom. The van der Waals surface area contributed by atoms with Gasteiger partial charge in [-0.1, -0.05) is 50.2 Å². The average molecular weight is 408 g/mol. The molecule has 0 amide bonds. The quantitative estimate of drug-likeness (QED) is 0.645. The molecule has 1 unspecified atom stereocenters. The van der Waals surface area contributed by atoms with Gasteiger partial charge in [-0.25, -0.2) is 4.79 Å². The van der Waals surface area contributed by atoms with Gasteiger partial charge in [-0.05, 0) is 36.5 Å². The van der Waals surface area contributed by atoms with Crippen LogP contribution in [-0.2, 0) is 6.54 Å². The van der Waals surface area contributed by atoms with E-state index in [-0.39, 0.29) is 11.6 Å². The lowest BCUT2D eigenvalue weighted by molar-refractivity contribution is 0.0698. The van der Waals surface area contributed by atoms with Gasteiger partial charge in [0.15, 0.2) is 5.58 Å². The van der Waals surface area contributed by atoms with E-state index in [1.807, 2.05) is 12.1 Å². The molecule has 6 nitrogen and oxygen atoms in total. The van der Waals surface area contributed by atoms with Crippen LogP contribution in [-0.4, -0.2) is 46.6 Å². The third-order valence-electron chi connectivity index (χ3n) is 5.78. The molecule has 0 bridgehead atoms. The fraction of sp³-hybridized carbons (Fsp3) is 0.417. The van der Waals surface area contributed by atoms with Gasteiger partial charge in [-0.2, -0.15) is 4.98 Å². The number of carboxylic acid groups (broad SMARTS) is 1. The number of hydrogen-bond donors (Lipinski definition) is 1. The van der Waals surface area contributed by atoms with Crippen LogP contribution in [0.2, 0.25) is 0 Å². The number of fused-ring (bicyclic) bond motifs is 1. The van der Waals surface area contributed by atoms with E-state index >= 15 is 0 Å². The van der Waals surface area contributed by atoms with Gasteiger partial charge in [-0.15, -0.1) is 0 Å². The van der Waals surface area contributed by atoms with Gasteiger partial charge in [0.1, 0.15) is 5.52 Å². The minimum atomic E-state index is -0.968. The summed E-state index contributed by atoms with van der Waals surface area (Å²) >= 11 is 0. The van der Waals surface area contributed by atoms with E-state index < -0.39 is 5.97 Å². The Bertz CT molecular complexity index is 1030. The maximum Gasteiger partial charge on any atom is 0.338 e. The molecule has 0 radical (unpaired) electrons. The Hall–Kier alpha value is -2.86. The fourth-order valence-corrected chi connectivity index (χ4v) is 4.38. The molecule has 1 fully saturated rings. The van der Waals surface area contributed by atoms with Crippen LogP contribution in [0, 0.1) is 12.8 Å². The lowest BCUT2D eigenvalue weighted by Gasteiger charge is -2.41. The zero-order valence-electron chi connectivity index (χ0n) is 17.8. The fourth-order valence-electron chi connectivity index (χ4n) is 4.38. The molecule has 1 aliphatic rings. The first kappa shape index (κ1) is 20.4. The number of aromatic nitrogens is 1. The number of hydrogen-bond acceptors (Lipinski definition) is 5. The molecule has 4 rings (SSSR count). The second kappa shape index (κ2) is 8.48. The van der Waals surface area contributed by atoms with Crippen LogP contribution < -0.4 is 4.90 Å². The summed E-state index contributed by atoms with van der Waals surface area (Å²) in [6.07, 6.45) is 1.02. The molecule has 2 heterocycles. The summed E-state index contributed by atoms with van der Waals surface area (Å²) in [6.45, 7) is 9.82. The lowest BCUT2D eigenvalue weighted by Crippen LogP contribution is -2.53. The van der Waals surface area contributed by atoms with Gasteiger partial charge in [0, 0.05) is 32.2 Å². The number of aromatic carboxylic acids is 1. The van der Waals surface area contributed by atoms with E-state index in [2.05, 4.69) is 52.9 Å². The van der Waals surface area contributed by atoms with Gasteiger partial charge in [0.05, 0.1) is 5.56 Å². The predicted molar refractivity (Wildman–Crippen MR) is 118 cm³/mol. The summed E-state index contributed by atoms with van der Waals surface area (Å²) in [5.41, 5.74) is 3.21. The number of nitrogens with zero attached hydrogens (tertiary/aromatic N) is 3. The average Bonchev–Trinajstić information content (AvgIpc) is 3.11. The van der Waals surface area contributed by atoms with E-state index in [0.29, 0.717) is 28.6 Å². The Morgan fingerprint density at radius 3 is 2.67 bits per heavy atom. The number of carbonyl (C=O) groups is 1.